The second kappa shape index (κ2) is 12.3. The highest BCUT2D eigenvalue weighted by molar-refractivity contribution is 5.95. The van der Waals surface area contributed by atoms with Gasteiger partial charge in [0.25, 0.3) is 0 Å². The summed E-state index contributed by atoms with van der Waals surface area (Å²) in [5.41, 5.74) is 5.39. The van der Waals surface area contributed by atoms with E-state index in [0.717, 1.165) is 6.92 Å². The number of carbonyl (C=O) groups is 6. The zero-order valence-corrected chi connectivity index (χ0v) is 16.3. The van der Waals surface area contributed by atoms with E-state index in [1.54, 1.807) is 0 Å². The fraction of sp³-hybridized carbons (Fsp3) is 0.625. The molecule has 0 saturated heterocycles. The van der Waals surface area contributed by atoms with Crippen LogP contribution >= 0.6 is 0 Å². The Labute approximate surface area is 170 Å². The van der Waals surface area contributed by atoms with E-state index in [4.69, 9.17) is 21.1 Å². The summed E-state index contributed by atoms with van der Waals surface area (Å²) in [6.07, 6.45) is -3.36. The number of aliphatic hydroxyl groups excluding tert-OH is 1. The molecule has 0 saturated carbocycles. The molecule has 0 aliphatic heterocycles. The lowest BCUT2D eigenvalue weighted by Gasteiger charge is -2.26. The van der Waals surface area contributed by atoms with E-state index in [1.165, 1.54) is 6.92 Å². The zero-order chi connectivity index (χ0) is 23.6. The smallest absolute Gasteiger partial charge is 0.326 e. The maximum atomic E-state index is 12.5. The SMILES string of the molecule is CC(N)C(=O)NC(CCC(=O)O)C(=O)NC(C(=O)NC(CC(=O)O)C(=O)O)C(C)O. The van der Waals surface area contributed by atoms with Crippen molar-refractivity contribution in [2.45, 2.75) is 63.4 Å². The number of amides is 3. The number of rotatable bonds is 13. The van der Waals surface area contributed by atoms with Crippen LogP contribution in [0.25, 0.3) is 0 Å². The third kappa shape index (κ3) is 9.79. The zero-order valence-electron chi connectivity index (χ0n) is 16.3. The standard InChI is InChI=1S/C16H26N4O10/c1-6(17)13(26)18-8(3-4-10(22)23)14(27)20-12(7(2)21)15(28)19-9(16(29)30)5-11(24)25/h6-9,12,21H,3-5,17H2,1-2H3,(H,18,26)(H,19,28)(H,20,27)(H,22,23)(H,24,25)(H,29,30). The molecule has 30 heavy (non-hydrogen) atoms. The van der Waals surface area contributed by atoms with Gasteiger partial charge in [0.05, 0.1) is 18.6 Å². The van der Waals surface area contributed by atoms with E-state index >= 15 is 0 Å². The molecule has 0 spiro atoms. The van der Waals surface area contributed by atoms with Crippen molar-refractivity contribution in [2.24, 2.45) is 5.73 Å². The van der Waals surface area contributed by atoms with Gasteiger partial charge in [0, 0.05) is 6.42 Å². The van der Waals surface area contributed by atoms with Crippen LogP contribution in [-0.4, -0.2) is 86.3 Å². The quantitative estimate of drug-likeness (QED) is 0.142. The Hall–Kier alpha value is -3.26. The van der Waals surface area contributed by atoms with Crippen molar-refractivity contribution >= 4 is 35.6 Å². The van der Waals surface area contributed by atoms with Crippen LogP contribution in [0.1, 0.15) is 33.1 Å². The average molecular weight is 434 g/mol. The fourth-order valence-corrected chi connectivity index (χ4v) is 2.14. The molecule has 14 nitrogen and oxygen atoms in total. The summed E-state index contributed by atoms with van der Waals surface area (Å²) in [7, 11) is 0. The van der Waals surface area contributed by atoms with Gasteiger partial charge in [-0.15, -0.1) is 0 Å². The van der Waals surface area contributed by atoms with Gasteiger partial charge in [0.1, 0.15) is 18.1 Å². The number of carbonyl (C=O) groups excluding carboxylic acids is 3. The van der Waals surface area contributed by atoms with Crippen LogP contribution in [-0.2, 0) is 28.8 Å². The van der Waals surface area contributed by atoms with E-state index in [1.807, 2.05) is 5.32 Å². The summed E-state index contributed by atoms with van der Waals surface area (Å²) < 4.78 is 0. The minimum absolute atomic E-state index is 0.357. The van der Waals surface area contributed by atoms with Gasteiger partial charge in [0.2, 0.25) is 17.7 Å². The van der Waals surface area contributed by atoms with E-state index in [2.05, 4.69) is 10.6 Å². The third-order valence-corrected chi connectivity index (χ3v) is 3.75. The van der Waals surface area contributed by atoms with Gasteiger partial charge in [-0.2, -0.15) is 0 Å². The molecular weight excluding hydrogens is 408 g/mol. The Kier molecular flexibility index (Phi) is 11.0. The van der Waals surface area contributed by atoms with E-state index in [-0.39, 0.29) is 6.42 Å². The van der Waals surface area contributed by atoms with Crippen molar-refractivity contribution in [1.29, 1.82) is 0 Å². The Morgan fingerprint density at radius 1 is 0.800 bits per heavy atom. The molecule has 0 aliphatic rings. The van der Waals surface area contributed by atoms with Crippen molar-refractivity contribution in [3.05, 3.63) is 0 Å². The molecule has 0 radical (unpaired) electrons. The minimum atomic E-state index is -1.83. The Morgan fingerprint density at radius 2 is 1.33 bits per heavy atom. The van der Waals surface area contributed by atoms with Crippen LogP contribution in [0.4, 0.5) is 0 Å². The maximum Gasteiger partial charge on any atom is 0.326 e. The highest BCUT2D eigenvalue weighted by Gasteiger charge is 2.33. The van der Waals surface area contributed by atoms with Crippen LogP contribution in [0.3, 0.4) is 0 Å². The van der Waals surface area contributed by atoms with Crippen LogP contribution < -0.4 is 21.7 Å². The molecule has 9 N–H and O–H groups in total. The number of aliphatic carboxylic acids is 3. The molecule has 0 aromatic carbocycles. The topological polar surface area (TPSA) is 245 Å². The number of hydrogen-bond acceptors (Lipinski definition) is 8. The molecule has 3 amide bonds. The Bertz CT molecular complexity index is 679. The summed E-state index contributed by atoms with van der Waals surface area (Å²) >= 11 is 0. The Balaban J connectivity index is 5.40. The van der Waals surface area contributed by atoms with Gasteiger partial charge < -0.3 is 42.1 Å². The van der Waals surface area contributed by atoms with Gasteiger partial charge in [0.15, 0.2) is 0 Å². The second-order valence-corrected chi connectivity index (χ2v) is 6.51. The van der Waals surface area contributed by atoms with E-state index in [0.29, 0.717) is 0 Å². The summed E-state index contributed by atoms with van der Waals surface area (Å²) in [6.45, 7) is 2.42. The molecule has 5 atom stereocenters. The highest BCUT2D eigenvalue weighted by atomic mass is 16.4. The van der Waals surface area contributed by atoms with Crippen molar-refractivity contribution in [1.82, 2.24) is 16.0 Å². The summed E-state index contributed by atoms with van der Waals surface area (Å²) in [5.74, 6) is -7.41. The van der Waals surface area contributed by atoms with Gasteiger partial charge >= 0.3 is 17.9 Å². The normalized spacial score (nSPS) is 15.6. The number of hydrogen-bond donors (Lipinski definition) is 8. The van der Waals surface area contributed by atoms with Gasteiger partial charge in [-0.25, -0.2) is 4.79 Å². The largest absolute Gasteiger partial charge is 0.481 e. The summed E-state index contributed by atoms with van der Waals surface area (Å²) in [6, 6.07) is -5.97. The van der Waals surface area contributed by atoms with Crippen LogP contribution in [0.15, 0.2) is 0 Å². The number of carboxylic acid groups (broad SMARTS) is 3. The Morgan fingerprint density at radius 3 is 1.73 bits per heavy atom. The van der Waals surface area contributed by atoms with Crippen molar-refractivity contribution in [2.75, 3.05) is 0 Å². The molecule has 170 valence electrons. The predicted octanol–water partition coefficient (Wildman–Crippen LogP) is -3.41. The number of nitrogens with two attached hydrogens (primary N) is 1. The van der Waals surface area contributed by atoms with Crippen molar-refractivity contribution < 1.29 is 49.2 Å². The van der Waals surface area contributed by atoms with Crippen LogP contribution in [0, 0.1) is 0 Å². The monoisotopic (exact) mass is 434 g/mol. The molecule has 0 rings (SSSR count). The van der Waals surface area contributed by atoms with Gasteiger partial charge in [-0.3, -0.25) is 24.0 Å². The second-order valence-electron chi connectivity index (χ2n) is 6.51. The molecular formula is C16H26N4O10. The molecule has 0 aromatic heterocycles. The molecule has 0 heterocycles. The van der Waals surface area contributed by atoms with E-state index in [9.17, 15) is 33.9 Å². The van der Waals surface area contributed by atoms with Crippen LogP contribution in [0.2, 0.25) is 0 Å². The van der Waals surface area contributed by atoms with Crippen molar-refractivity contribution in [3.8, 4) is 0 Å². The number of nitrogens with one attached hydrogen (secondary N) is 3. The lowest BCUT2D eigenvalue weighted by molar-refractivity contribution is -0.148. The molecule has 5 unspecified atom stereocenters. The molecule has 0 aliphatic carbocycles. The molecule has 14 heteroatoms. The first-order chi connectivity index (χ1) is 13.8. The molecule has 0 aromatic rings. The first kappa shape index (κ1) is 26.7. The van der Waals surface area contributed by atoms with Gasteiger partial charge in [-0.1, -0.05) is 0 Å². The highest BCUT2D eigenvalue weighted by Crippen LogP contribution is 2.03. The first-order valence-electron chi connectivity index (χ1n) is 8.77. The summed E-state index contributed by atoms with van der Waals surface area (Å²) in [4.78, 5) is 69.1. The first-order valence-corrected chi connectivity index (χ1v) is 8.77. The molecule has 0 fully saturated rings. The minimum Gasteiger partial charge on any atom is -0.481 e. The maximum absolute atomic E-state index is 12.5. The molecule has 0 bridgehead atoms. The number of carboxylic acids is 3. The lowest BCUT2D eigenvalue weighted by atomic mass is 10.1. The summed E-state index contributed by atoms with van der Waals surface area (Å²) in [5, 5.41) is 42.5. The fourth-order valence-electron chi connectivity index (χ4n) is 2.14. The third-order valence-electron chi connectivity index (χ3n) is 3.75. The van der Waals surface area contributed by atoms with E-state index < -0.39 is 78.7 Å². The van der Waals surface area contributed by atoms with Gasteiger partial charge in [-0.05, 0) is 20.3 Å². The van der Waals surface area contributed by atoms with Crippen molar-refractivity contribution in [3.63, 3.8) is 0 Å². The lowest BCUT2D eigenvalue weighted by Crippen LogP contribution is -2.59. The van der Waals surface area contributed by atoms with Crippen LogP contribution in [0.5, 0.6) is 0 Å². The number of aliphatic hydroxyl groups is 1. The average Bonchev–Trinajstić information content (AvgIpc) is 2.60. The predicted molar refractivity (Wildman–Crippen MR) is 97.9 cm³/mol.